The van der Waals surface area contributed by atoms with Crippen molar-refractivity contribution in [1.29, 1.82) is 0 Å². The fourth-order valence-electron chi connectivity index (χ4n) is 3.34. The van der Waals surface area contributed by atoms with Crippen molar-refractivity contribution in [3.8, 4) is 0 Å². The van der Waals surface area contributed by atoms with Crippen molar-refractivity contribution >= 4 is 29.1 Å². The lowest BCUT2D eigenvalue weighted by Crippen LogP contribution is -2.52. The van der Waals surface area contributed by atoms with E-state index in [2.05, 4.69) is 13.2 Å². The summed E-state index contributed by atoms with van der Waals surface area (Å²) < 4.78 is 11.1. The van der Waals surface area contributed by atoms with E-state index in [1.807, 2.05) is 48.5 Å². The number of Topliss-reactive ketones (excluding diaryl/α,β-unsaturated/α-hetero) is 1. The van der Waals surface area contributed by atoms with Crippen LogP contribution in [0.1, 0.15) is 22.3 Å². The van der Waals surface area contributed by atoms with E-state index in [0.29, 0.717) is 11.1 Å². The summed E-state index contributed by atoms with van der Waals surface area (Å²) >= 11 is 0. The Hall–Kier alpha value is -2.75. The summed E-state index contributed by atoms with van der Waals surface area (Å²) in [6, 6.07) is 15.4. The zero-order valence-corrected chi connectivity index (χ0v) is 14.4. The van der Waals surface area contributed by atoms with Crippen LogP contribution in [0.2, 0.25) is 0 Å². The highest BCUT2D eigenvalue weighted by Crippen LogP contribution is 2.51. The molecule has 1 aliphatic rings. The largest absolute Gasteiger partial charge is 0.343 e. The first-order valence-corrected chi connectivity index (χ1v) is 7.98. The van der Waals surface area contributed by atoms with Crippen molar-refractivity contribution in [2.75, 3.05) is 14.2 Å². The van der Waals surface area contributed by atoms with Crippen LogP contribution in [0, 0.1) is 0 Å². The van der Waals surface area contributed by atoms with Crippen LogP contribution in [0.4, 0.5) is 0 Å². The van der Waals surface area contributed by atoms with Gasteiger partial charge in [0.15, 0.2) is 0 Å². The van der Waals surface area contributed by atoms with E-state index in [1.54, 1.807) is 12.2 Å². The number of benzene rings is 2. The molecule has 25 heavy (non-hydrogen) atoms. The lowest BCUT2D eigenvalue weighted by atomic mass is 9.71. The summed E-state index contributed by atoms with van der Waals surface area (Å²) in [7, 11) is 2.96. The molecule has 126 valence electrons. The fourth-order valence-corrected chi connectivity index (χ4v) is 3.34. The molecule has 3 heteroatoms. The molecule has 0 saturated carbocycles. The summed E-state index contributed by atoms with van der Waals surface area (Å²) in [4.78, 5) is 13.0. The Labute approximate surface area is 147 Å². The molecule has 0 radical (unpaired) electrons. The molecule has 0 bridgehead atoms. The summed E-state index contributed by atoms with van der Waals surface area (Å²) in [6.07, 6.45) is 3.50. The average molecular weight is 332 g/mol. The zero-order chi connectivity index (χ0) is 18.0. The fraction of sp³-hybridized carbons (Fsp3) is 0.136. The summed E-state index contributed by atoms with van der Waals surface area (Å²) in [5.74, 6) is -1.59. The van der Waals surface area contributed by atoms with Crippen molar-refractivity contribution < 1.29 is 14.3 Å². The standard InChI is InChI=1S/C22H20O3/c1-5-15-11-7-9-13-17(15)19-20(22(24-3,25-4)21(19)23)18-14-10-8-12-16(18)6-2/h5-14H,1-2H2,3-4H3. The number of carbonyl (C=O) groups is 1. The highest BCUT2D eigenvalue weighted by Gasteiger charge is 2.56. The number of methoxy groups -OCH3 is 2. The Morgan fingerprint density at radius 2 is 1.32 bits per heavy atom. The Morgan fingerprint density at radius 1 is 0.840 bits per heavy atom. The van der Waals surface area contributed by atoms with E-state index in [0.717, 1.165) is 22.3 Å². The lowest BCUT2D eigenvalue weighted by Gasteiger charge is -2.42. The van der Waals surface area contributed by atoms with Crippen LogP contribution in [0.3, 0.4) is 0 Å². The molecule has 2 aromatic carbocycles. The van der Waals surface area contributed by atoms with Gasteiger partial charge >= 0.3 is 0 Å². The quantitative estimate of drug-likeness (QED) is 0.733. The number of hydrogen-bond donors (Lipinski definition) is 0. The maximum absolute atomic E-state index is 13.0. The van der Waals surface area contributed by atoms with Crippen LogP contribution >= 0.6 is 0 Å². The first-order valence-electron chi connectivity index (χ1n) is 7.98. The minimum atomic E-state index is -1.40. The van der Waals surface area contributed by atoms with Gasteiger partial charge in [0, 0.05) is 25.4 Å². The number of carbonyl (C=O) groups excluding carboxylic acids is 1. The van der Waals surface area contributed by atoms with E-state index in [-0.39, 0.29) is 5.78 Å². The predicted octanol–water partition coefficient (Wildman–Crippen LogP) is 4.46. The monoisotopic (exact) mass is 332 g/mol. The first kappa shape index (κ1) is 17.1. The number of ketones is 1. The Kier molecular flexibility index (Phi) is 4.53. The molecule has 0 saturated heterocycles. The van der Waals surface area contributed by atoms with Crippen LogP contribution in [-0.2, 0) is 14.3 Å². The van der Waals surface area contributed by atoms with Gasteiger partial charge in [0.2, 0.25) is 5.78 Å². The van der Waals surface area contributed by atoms with Crippen molar-refractivity contribution in [1.82, 2.24) is 0 Å². The third-order valence-corrected chi connectivity index (χ3v) is 4.58. The lowest BCUT2D eigenvalue weighted by molar-refractivity contribution is -0.180. The van der Waals surface area contributed by atoms with E-state index in [9.17, 15) is 4.79 Å². The van der Waals surface area contributed by atoms with Gasteiger partial charge in [-0.25, -0.2) is 0 Å². The third kappa shape index (κ3) is 2.40. The van der Waals surface area contributed by atoms with Gasteiger partial charge in [-0.2, -0.15) is 0 Å². The average Bonchev–Trinajstić information content (AvgIpc) is 2.67. The second kappa shape index (κ2) is 6.63. The van der Waals surface area contributed by atoms with Crippen molar-refractivity contribution in [2.45, 2.75) is 5.79 Å². The second-order valence-electron chi connectivity index (χ2n) is 5.69. The van der Waals surface area contributed by atoms with E-state index in [1.165, 1.54) is 14.2 Å². The topological polar surface area (TPSA) is 35.5 Å². The highest BCUT2D eigenvalue weighted by molar-refractivity contribution is 6.44. The molecule has 0 fully saturated rings. The summed E-state index contributed by atoms with van der Waals surface area (Å²) in [5, 5.41) is 0. The number of ether oxygens (including phenoxy) is 2. The Balaban J connectivity index is 2.37. The molecule has 3 rings (SSSR count). The van der Waals surface area contributed by atoms with Crippen LogP contribution < -0.4 is 0 Å². The molecule has 0 unspecified atom stereocenters. The zero-order valence-electron chi connectivity index (χ0n) is 14.4. The molecule has 0 N–H and O–H groups in total. The molecule has 0 aliphatic heterocycles. The Bertz CT molecular complexity index is 886. The number of hydrogen-bond acceptors (Lipinski definition) is 3. The predicted molar refractivity (Wildman–Crippen MR) is 102 cm³/mol. The van der Waals surface area contributed by atoms with Crippen molar-refractivity contribution in [3.05, 3.63) is 83.9 Å². The SMILES string of the molecule is C=Cc1ccccc1C1=C(c2ccccc2C=C)C(OC)(OC)C1=O. The van der Waals surface area contributed by atoms with Crippen LogP contribution in [0.25, 0.3) is 23.3 Å². The molecule has 3 nitrogen and oxygen atoms in total. The van der Waals surface area contributed by atoms with Crippen molar-refractivity contribution in [3.63, 3.8) is 0 Å². The van der Waals surface area contributed by atoms with Gasteiger partial charge in [-0.15, -0.1) is 0 Å². The molecule has 1 aliphatic carbocycles. The molecule has 0 aromatic heterocycles. The first-order chi connectivity index (χ1) is 12.1. The van der Waals surface area contributed by atoms with Crippen LogP contribution in [0.5, 0.6) is 0 Å². The van der Waals surface area contributed by atoms with Gasteiger partial charge < -0.3 is 9.47 Å². The minimum absolute atomic E-state index is 0.194. The van der Waals surface area contributed by atoms with Crippen LogP contribution in [-0.4, -0.2) is 25.8 Å². The van der Waals surface area contributed by atoms with E-state index >= 15 is 0 Å². The van der Waals surface area contributed by atoms with Gasteiger partial charge in [0.05, 0.1) is 0 Å². The van der Waals surface area contributed by atoms with E-state index < -0.39 is 5.79 Å². The summed E-state index contributed by atoms with van der Waals surface area (Å²) in [5.41, 5.74) is 4.80. The smallest absolute Gasteiger partial charge is 0.262 e. The molecule has 0 heterocycles. The molecule has 0 atom stereocenters. The third-order valence-electron chi connectivity index (χ3n) is 4.58. The molecule has 2 aromatic rings. The molecular formula is C22H20O3. The summed E-state index contributed by atoms with van der Waals surface area (Å²) in [6.45, 7) is 7.73. The Morgan fingerprint density at radius 3 is 1.84 bits per heavy atom. The maximum atomic E-state index is 13.0. The number of rotatable bonds is 6. The minimum Gasteiger partial charge on any atom is -0.343 e. The van der Waals surface area contributed by atoms with Crippen molar-refractivity contribution in [2.24, 2.45) is 0 Å². The van der Waals surface area contributed by atoms with Gasteiger partial charge in [0.1, 0.15) is 0 Å². The second-order valence-corrected chi connectivity index (χ2v) is 5.69. The molecule has 0 spiro atoms. The van der Waals surface area contributed by atoms with Gasteiger partial charge in [-0.1, -0.05) is 73.8 Å². The van der Waals surface area contributed by atoms with Crippen LogP contribution in [0.15, 0.2) is 61.7 Å². The molecular weight excluding hydrogens is 312 g/mol. The maximum Gasteiger partial charge on any atom is 0.262 e. The highest BCUT2D eigenvalue weighted by atomic mass is 16.7. The van der Waals surface area contributed by atoms with Gasteiger partial charge in [-0.3, -0.25) is 4.79 Å². The normalized spacial score (nSPS) is 15.7. The molecule has 0 amide bonds. The van der Waals surface area contributed by atoms with Gasteiger partial charge in [-0.05, 0) is 22.3 Å². The van der Waals surface area contributed by atoms with E-state index in [4.69, 9.17) is 9.47 Å². The van der Waals surface area contributed by atoms with Gasteiger partial charge in [0.25, 0.3) is 5.79 Å².